The molecule has 2 aliphatic rings. The molecule has 0 radical (unpaired) electrons. The highest BCUT2D eigenvalue weighted by Gasteiger charge is 2.34. The third-order valence-electron chi connectivity index (χ3n) is 6.04. The van der Waals surface area contributed by atoms with Crippen molar-refractivity contribution in [3.63, 3.8) is 0 Å². The Labute approximate surface area is 176 Å². The lowest BCUT2D eigenvalue weighted by Crippen LogP contribution is -2.50. The molecule has 1 aromatic carbocycles. The Morgan fingerprint density at radius 2 is 2.00 bits per heavy atom. The number of carbonyl (C=O) groups excluding carboxylic acids is 3. The number of aryl methyl sites for hydroxylation is 1. The van der Waals surface area contributed by atoms with Gasteiger partial charge in [-0.05, 0) is 57.2 Å². The number of anilines is 1. The summed E-state index contributed by atoms with van der Waals surface area (Å²) in [6, 6.07) is 2.60. The maximum Gasteiger partial charge on any atom is 0.256 e. The van der Waals surface area contributed by atoms with E-state index < -0.39 is 11.7 Å². The lowest BCUT2D eigenvalue weighted by atomic mass is 9.95. The van der Waals surface area contributed by atoms with Crippen molar-refractivity contribution in [2.75, 3.05) is 31.9 Å². The molecule has 0 aliphatic carbocycles. The molecular formula is C22H31FN4O3. The van der Waals surface area contributed by atoms with Gasteiger partial charge in [0.15, 0.2) is 0 Å². The van der Waals surface area contributed by atoms with Crippen LogP contribution in [0.15, 0.2) is 12.1 Å². The number of piperidine rings is 1. The lowest BCUT2D eigenvalue weighted by Gasteiger charge is -2.35. The minimum absolute atomic E-state index is 0.0307. The summed E-state index contributed by atoms with van der Waals surface area (Å²) in [4.78, 5) is 41.3. The van der Waals surface area contributed by atoms with Crippen molar-refractivity contribution in [1.82, 2.24) is 15.1 Å². The summed E-state index contributed by atoms with van der Waals surface area (Å²) in [6.45, 7) is 5.70. The monoisotopic (exact) mass is 418 g/mol. The molecule has 2 aliphatic heterocycles. The molecule has 0 saturated carbocycles. The van der Waals surface area contributed by atoms with Gasteiger partial charge < -0.3 is 20.9 Å². The highest BCUT2D eigenvalue weighted by molar-refractivity contribution is 5.99. The van der Waals surface area contributed by atoms with Gasteiger partial charge in [0.1, 0.15) is 5.82 Å². The van der Waals surface area contributed by atoms with E-state index in [4.69, 9.17) is 5.73 Å². The Balaban J connectivity index is 1.67. The van der Waals surface area contributed by atoms with Gasteiger partial charge in [0.2, 0.25) is 11.8 Å². The largest absolute Gasteiger partial charge is 0.398 e. The molecule has 0 spiro atoms. The number of carbonyl (C=O) groups is 3. The minimum Gasteiger partial charge on any atom is -0.398 e. The van der Waals surface area contributed by atoms with Crippen molar-refractivity contribution < 1.29 is 18.8 Å². The number of nitrogens with zero attached hydrogens (tertiary/aromatic N) is 2. The average molecular weight is 419 g/mol. The van der Waals surface area contributed by atoms with Crippen molar-refractivity contribution in [3.05, 3.63) is 29.1 Å². The van der Waals surface area contributed by atoms with Gasteiger partial charge in [-0.15, -0.1) is 0 Å². The van der Waals surface area contributed by atoms with Crippen LogP contribution in [0, 0.1) is 18.7 Å². The first-order valence-corrected chi connectivity index (χ1v) is 10.7. The molecule has 3 amide bonds. The number of halogens is 1. The summed E-state index contributed by atoms with van der Waals surface area (Å²) in [6.07, 6.45) is 3.39. The predicted molar refractivity (Wildman–Crippen MR) is 112 cm³/mol. The van der Waals surface area contributed by atoms with Crippen molar-refractivity contribution in [2.24, 2.45) is 5.92 Å². The number of benzene rings is 1. The van der Waals surface area contributed by atoms with Gasteiger partial charge in [-0.2, -0.15) is 0 Å². The predicted octanol–water partition coefficient (Wildman–Crippen LogP) is 2.09. The van der Waals surface area contributed by atoms with Crippen LogP contribution in [0.1, 0.15) is 54.9 Å². The van der Waals surface area contributed by atoms with Crippen molar-refractivity contribution in [1.29, 1.82) is 0 Å². The molecule has 2 heterocycles. The Morgan fingerprint density at radius 3 is 2.70 bits per heavy atom. The fraction of sp³-hybridized carbons (Fsp3) is 0.591. The first kappa shape index (κ1) is 22.1. The fourth-order valence-electron chi connectivity index (χ4n) is 4.41. The summed E-state index contributed by atoms with van der Waals surface area (Å²) in [5, 5.41) is 2.87. The molecule has 0 bridgehead atoms. The zero-order valence-electron chi connectivity index (χ0n) is 17.7. The van der Waals surface area contributed by atoms with E-state index in [1.54, 1.807) is 22.8 Å². The third-order valence-corrected chi connectivity index (χ3v) is 6.04. The van der Waals surface area contributed by atoms with Crippen molar-refractivity contribution >= 4 is 23.4 Å². The Bertz CT molecular complexity index is 806. The molecule has 30 heavy (non-hydrogen) atoms. The molecule has 3 rings (SSSR count). The zero-order chi connectivity index (χ0) is 21.8. The number of rotatable bonds is 4. The summed E-state index contributed by atoms with van der Waals surface area (Å²) >= 11 is 0. The van der Waals surface area contributed by atoms with Gasteiger partial charge in [0, 0.05) is 44.3 Å². The van der Waals surface area contributed by atoms with Gasteiger partial charge in [-0.1, -0.05) is 0 Å². The zero-order valence-corrected chi connectivity index (χ0v) is 17.7. The highest BCUT2D eigenvalue weighted by Crippen LogP contribution is 2.23. The highest BCUT2D eigenvalue weighted by atomic mass is 19.1. The number of nitrogens with two attached hydrogens (primary N) is 1. The smallest absolute Gasteiger partial charge is 0.256 e. The van der Waals surface area contributed by atoms with E-state index in [9.17, 15) is 18.8 Å². The molecule has 2 saturated heterocycles. The molecule has 0 aromatic heterocycles. The molecule has 2 unspecified atom stereocenters. The van der Waals surface area contributed by atoms with Crippen LogP contribution in [0.2, 0.25) is 0 Å². The van der Waals surface area contributed by atoms with Gasteiger partial charge in [0.25, 0.3) is 5.91 Å². The molecular weight excluding hydrogens is 387 g/mol. The van der Waals surface area contributed by atoms with E-state index in [1.165, 1.54) is 6.07 Å². The van der Waals surface area contributed by atoms with Gasteiger partial charge >= 0.3 is 0 Å². The SMILES string of the molecule is CCN1CC(C(=O)N2CCCCC(NC(=O)c3c(N)cc(C)cc3F)C2)CCC1=O. The van der Waals surface area contributed by atoms with Crippen molar-refractivity contribution in [3.8, 4) is 0 Å². The van der Waals surface area contributed by atoms with E-state index in [2.05, 4.69) is 5.32 Å². The van der Waals surface area contributed by atoms with Crippen LogP contribution in [0.3, 0.4) is 0 Å². The second-order valence-electron chi connectivity index (χ2n) is 8.33. The summed E-state index contributed by atoms with van der Waals surface area (Å²) in [5.41, 5.74) is 6.49. The van der Waals surface area contributed by atoms with Gasteiger partial charge in [-0.3, -0.25) is 14.4 Å². The maximum absolute atomic E-state index is 14.3. The Morgan fingerprint density at radius 1 is 1.23 bits per heavy atom. The van der Waals surface area contributed by atoms with Crippen LogP contribution in [0.25, 0.3) is 0 Å². The van der Waals surface area contributed by atoms with Crippen LogP contribution in [0.5, 0.6) is 0 Å². The van der Waals surface area contributed by atoms with E-state index in [-0.39, 0.29) is 35.0 Å². The minimum atomic E-state index is -0.641. The van der Waals surface area contributed by atoms with Crippen LogP contribution in [-0.2, 0) is 9.59 Å². The summed E-state index contributed by atoms with van der Waals surface area (Å²) in [5.74, 6) is -1.27. The molecule has 2 atom stereocenters. The number of likely N-dealkylation sites (tertiary alicyclic amines) is 2. The molecule has 164 valence electrons. The molecule has 2 fully saturated rings. The van der Waals surface area contributed by atoms with E-state index in [0.717, 1.165) is 12.8 Å². The number of amides is 3. The number of hydrogen-bond acceptors (Lipinski definition) is 4. The molecule has 3 N–H and O–H groups in total. The normalized spacial score (nSPS) is 22.6. The van der Waals surface area contributed by atoms with Crippen LogP contribution in [0.4, 0.5) is 10.1 Å². The Kier molecular flexibility index (Phi) is 6.95. The molecule has 1 aromatic rings. The van der Waals surface area contributed by atoms with E-state index in [1.807, 2.05) is 6.92 Å². The number of nitrogens with one attached hydrogen (secondary N) is 1. The third kappa shape index (κ3) is 4.91. The molecule has 8 heteroatoms. The van der Waals surface area contributed by atoms with Crippen LogP contribution < -0.4 is 11.1 Å². The Hall–Kier alpha value is -2.64. The van der Waals surface area contributed by atoms with E-state index in [0.29, 0.717) is 51.0 Å². The standard InChI is InChI=1S/C22H31FN4O3/c1-3-26-12-15(7-8-19(26)28)22(30)27-9-5-4-6-16(13-27)25-21(29)20-17(23)10-14(2)11-18(20)24/h10-11,15-16H,3-9,12-13,24H2,1-2H3,(H,25,29). The second-order valence-corrected chi connectivity index (χ2v) is 8.33. The summed E-state index contributed by atoms with van der Waals surface area (Å²) in [7, 11) is 0. The topological polar surface area (TPSA) is 95.7 Å². The second kappa shape index (κ2) is 9.45. The lowest BCUT2D eigenvalue weighted by molar-refractivity contribution is -0.143. The molecule has 7 nitrogen and oxygen atoms in total. The number of nitrogen functional groups attached to an aromatic ring is 1. The van der Waals surface area contributed by atoms with E-state index >= 15 is 0 Å². The van der Waals surface area contributed by atoms with Crippen molar-refractivity contribution in [2.45, 2.75) is 52.0 Å². The van der Waals surface area contributed by atoms with Gasteiger partial charge in [0.05, 0.1) is 11.5 Å². The maximum atomic E-state index is 14.3. The summed E-state index contributed by atoms with van der Waals surface area (Å²) < 4.78 is 14.3. The average Bonchev–Trinajstić information content (AvgIpc) is 2.92. The van der Waals surface area contributed by atoms with Gasteiger partial charge in [-0.25, -0.2) is 4.39 Å². The first-order chi connectivity index (χ1) is 14.3. The van der Waals surface area contributed by atoms with Crippen LogP contribution in [-0.4, -0.2) is 59.7 Å². The quantitative estimate of drug-likeness (QED) is 0.732. The van der Waals surface area contributed by atoms with Crippen LogP contribution >= 0.6 is 0 Å². The first-order valence-electron chi connectivity index (χ1n) is 10.7. The number of hydrogen-bond donors (Lipinski definition) is 2. The fourth-order valence-corrected chi connectivity index (χ4v) is 4.41.